The molecule has 0 saturated heterocycles. The van der Waals surface area contributed by atoms with Crippen LogP contribution in [0.15, 0.2) is 60.1 Å². The Hall–Kier alpha value is -2.86. The quantitative estimate of drug-likeness (QED) is 0.619. The number of thiazole rings is 1. The Morgan fingerprint density at radius 2 is 1.85 bits per heavy atom. The minimum absolute atomic E-state index is 0.136. The molecule has 5 nitrogen and oxygen atoms in total. The predicted molar refractivity (Wildman–Crippen MR) is 110 cm³/mol. The number of rotatable bonds is 7. The zero-order chi connectivity index (χ0) is 18.4. The minimum Gasteiger partial charge on any atom is -0.372 e. The van der Waals surface area contributed by atoms with Crippen LogP contribution in [0.1, 0.15) is 24.2 Å². The molecular weight excluding hydrogens is 344 g/mol. The molecule has 0 bridgehead atoms. The Kier molecular flexibility index (Phi) is 5.86. The van der Waals surface area contributed by atoms with Gasteiger partial charge in [-0.2, -0.15) is 0 Å². The summed E-state index contributed by atoms with van der Waals surface area (Å²) in [5.74, 6) is -0.136. The zero-order valence-electron chi connectivity index (χ0n) is 14.9. The largest absolute Gasteiger partial charge is 0.372 e. The Labute approximate surface area is 157 Å². The Balaban J connectivity index is 1.68. The summed E-state index contributed by atoms with van der Waals surface area (Å²) >= 11 is 1.52. The smallest absolute Gasteiger partial charge is 0.255 e. The molecule has 0 aliphatic rings. The molecule has 3 aromatic rings. The standard InChI is InChI=1S/C20H22N4OS/c1-3-24(4-2)18-10-8-16(9-11-18)22-19(25)15-6-5-7-17(14-15)23-20-21-12-13-26-20/h5-14H,3-4H2,1-2H3,(H,21,23)(H,22,25). The molecule has 2 aromatic carbocycles. The molecule has 0 spiro atoms. The number of benzene rings is 2. The number of nitrogens with zero attached hydrogens (tertiary/aromatic N) is 2. The van der Waals surface area contributed by atoms with E-state index in [-0.39, 0.29) is 5.91 Å². The van der Waals surface area contributed by atoms with Crippen molar-refractivity contribution in [1.82, 2.24) is 4.98 Å². The minimum atomic E-state index is -0.136. The summed E-state index contributed by atoms with van der Waals surface area (Å²) in [6.07, 6.45) is 1.74. The van der Waals surface area contributed by atoms with E-state index in [2.05, 4.69) is 34.4 Å². The van der Waals surface area contributed by atoms with Crippen molar-refractivity contribution in [2.45, 2.75) is 13.8 Å². The van der Waals surface area contributed by atoms with Gasteiger partial charge in [-0.3, -0.25) is 4.79 Å². The third-order valence-corrected chi connectivity index (χ3v) is 4.75. The average Bonchev–Trinajstić information content (AvgIpc) is 3.17. The van der Waals surface area contributed by atoms with Crippen molar-refractivity contribution in [2.24, 2.45) is 0 Å². The monoisotopic (exact) mass is 366 g/mol. The van der Waals surface area contributed by atoms with Crippen molar-refractivity contribution in [3.63, 3.8) is 0 Å². The fourth-order valence-electron chi connectivity index (χ4n) is 2.69. The van der Waals surface area contributed by atoms with Crippen molar-refractivity contribution >= 4 is 39.4 Å². The summed E-state index contributed by atoms with van der Waals surface area (Å²) < 4.78 is 0. The molecule has 0 aliphatic heterocycles. The molecule has 134 valence electrons. The van der Waals surface area contributed by atoms with Gasteiger partial charge in [0.25, 0.3) is 5.91 Å². The molecule has 26 heavy (non-hydrogen) atoms. The second-order valence-electron chi connectivity index (χ2n) is 5.72. The van der Waals surface area contributed by atoms with Crippen LogP contribution in [0.4, 0.5) is 22.2 Å². The van der Waals surface area contributed by atoms with Gasteiger partial charge in [0, 0.05) is 47.3 Å². The third-order valence-electron chi connectivity index (χ3n) is 4.06. The van der Waals surface area contributed by atoms with Crippen LogP contribution in [0.5, 0.6) is 0 Å². The average molecular weight is 366 g/mol. The molecule has 0 unspecified atom stereocenters. The van der Waals surface area contributed by atoms with Crippen molar-refractivity contribution in [1.29, 1.82) is 0 Å². The molecule has 0 saturated carbocycles. The van der Waals surface area contributed by atoms with Gasteiger partial charge in [-0.25, -0.2) is 4.98 Å². The Bertz CT molecular complexity index is 843. The van der Waals surface area contributed by atoms with E-state index in [1.54, 1.807) is 12.3 Å². The van der Waals surface area contributed by atoms with E-state index >= 15 is 0 Å². The molecule has 1 aromatic heterocycles. The second-order valence-corrected chi connectivity index (χ2v) is 6.61. The number of hydrogen-bond acceptors (Lipinski definition) is 5. The lowest BCUT2D eigenvalue weighted by Gasteiger charge is -2.21. The van der Waals surface area contributed by atoms with Crippen LogP contribution in [0.3, 0.4) is 0 Å². The van der Waals surface area contributed by atoms with Crippen LogP contribution in [0, 0.1) is 0 Å². The van der Waals surface area contributed by atoms with Gasteiger partial charge in [0.15, 0.2) is 5.13 Å². The van der Waals surface area contributed by atoms with E-state index in [0.717, 1.165) is 35.3 Å². The number of carbonyl (C=O) groups is 1. The fourth-order valence-corrected chi connectivity index (χ4v) is 3.24. The number of hydrogen-bond donors (Lipinski definition) is 2. The first-order valence-electron chi connectivity index (χ1n) is 8.62. The highest BCUT2D eigenvalue weighted by atomic mass is 32.1. The van der Waals surface area contributed by atoms with E-state index in [9.17, 15) is 4.79 Å². The van der Waals surface area contributed by atoms with E-state index < -0.39 is 0 Å². The molecular formula is C20H22N4OS. The van der Waals surface area contributed by atoms with Gasteiger partial charge in [-0.05, 0) is 56.3 Å². The molecule has 3 rings (SSSR count). The number of carbonyl (C=O) groups excluding carboxylic acids is 1. The van der Waals surface area contributed by atoms with Gasteiger partial charge in [0.05, 0.1) is 0 Å². The maximum absolute atomic E-state index is 12.5. The first kappa shape index (κ1) is 17.9. The molecule has 0 atom stereocenters. The lowest BCUT2D eigenvalue weighted by molar-refractivity contribution is 0.102. The summed E-state index contributed by atoms with van der Waals surface area (Å²) in [4.78, 5) is 19.0. The Morgan fingerprint density at radius 3 is 2.50 bits per heavy atom. The molecule has 6 heteroatoms. The van der Waals surface area contributed by atoms with Crippen LogP contribution in [-0.2, 0) is 0 Å². The zero-order valence-corrected chi connectivity index (χ0v) is 15.7. The summed E-state index contributed by atoms with van der Waals surface area (Å²) in [5, 5.41) is 8.85. The third kappa shape index (κ3) is 4.40. The lowest BCUT2D eigenvalue weighted by Crippen LogP contribution is -2.21. The fraction of sp³-hybridized carbons (Fsp3) is 0.200. The summed E-state index contributed by atoms with van der Waals surface area (Å²) in [6.45, 7) is 6.18. The number of amides is 1. The normalized spacial score (nSPS) is 10.4. The number of aromatic nitrogens is 1. The number of nitrogens with one attached hydrogen (secondary N) is 2. The predicted octanol–water partition coefficient (Wildman–Crippen LogP) is 4.99. The molecule has 0 aliphatic carbocycles. The van der Waals surface area contributed by atoms with Crippen LogP contribution in [0.2, 0.25) is 0 Å². The molecule has 1 amide bonds. The summed E-state index contributed by atoms with van der Waals surface area (Å²) in [5.41, 5.74) is 3.37. The highest BCUT2D eigenvalue weighted by Crippen LogP contribution is 2.21. The summed E-state index contributed by atoms with van der Waals surface area (Å²) in [7, 11) is 0. The van der Waals surface area contributed by atoms with Gasteiger partial charge in [0.1, 0.15) is 0 Å². The van der Waals surface area contributed by atoms with E-state index in [1.807, 2.05) is 47.8 Å². The van der Waals surface area contributed by atoms with Crippen molar-refractivity contribution in [3.05, 3.63) is 65.7 Å². The lowest BCUT2D eigenvalue weighted by atomic mass is 10.1. The van der Waals surface area contributed by atoms with Gasteiger partial charge < -0.3 is 15.5 Å². The highest BCUT2D eigenvalue weighted by molar-refractivity contribution is 7.13. The van der Waals surface area contributed by atoms with Crippen molar-refractivity contribution in [2.75, 3.05) is 28.6 Å². The summed E-state index contributed by atoms with van der Waals surface area (Å²) in [6, 6.07) is 15.3. The van der Waals surface area contributed by atoms with Gasteiger partial charge >= 0.3 is 0 Å². The van der Waals surface area contributed by atoms with E-state index in [1.165, 1.54) is 11.3 Å². The van der Waals surface area contributed by atoms with Gasteiger partial charge in [0.2, 0.25) is 0 Å². The van der Waals surface area contributed by atoms with Crippen LogP contribution >= 0.6 is 11.3 Å². The molecule has 0 radical (unpaired) electrons. The van der Waals surface area contributed by atoms with Gasteiger partial charge in [-0.15, -0.1) is 11.3 Å². The highest BCUT2D eigenvalue weighted by Gasteiger charge is 2.08. The number of anilines is 4. The molecule has 1 heterocycles. The van der Waals surface area contributed by atoms with E-state index in [4.69, 9.17) is 0 Å². The van der Waals surface area contributed by atoms with E-state index in [0.29, 0.717) is 5.56 Å². The molecule has 2 N–H and O–H groups in total. The topological polar surface area (TPSA) is 57.3 Å². The SMILES string of the molecule is CCN(CC)c1ccc(NC(=O)c2cccc(Nc3nccs3)c2)cc1. The first-order chi connectivity index (χ1) is 12.7. The first-order valence-corrected chi connectivity index (χ1v) is 9.50. The van der Waals surface area contributed by atoms with Crippen molar-refractivity contribution in [3.8, 4) is 0 Å². The Morgan fingerprint density at radius 1 is 1.08 bits per heavy atom. The maximum atomic E-state index is 12.5. The van der Waals surface area contributed by atoms with Gasteiger partial charge in [-0.1, -0.05) is 6.07 Å². The van der Waals surface area contributed by atoms with Crippen LogP contribution in [-0.4, -0.2) is 24.0 Å². The maximum Gasteiger partial charge on any atom is 0.255 e. The second kappa shape index (κ2) is 8.49. The van der Waals surface area contributed by atoms with Crippen LogP contribution < -0.4 is 15.5 Å². The molecule has 0 fully saturated rings. The van der Waals surface area contributed by atoms with Crippen molar-refractivity contribution < 1.29 is 4.79 Å². The van der Waals surface area contributed by atoms with Crippen LogP contribution in [0.25, 0.3) is 0 Å².